The Balaban J connectivity index is 2.22. The van der Waals surface area contributed by atoms with Gasteiger partial charge in [-0.1, -0.05) is 36.0 Å². The van der Waals surface area contributed by atoms with Crippen LogP contribution < -0.4 is 10.5 Å². The number of nitrogens with zero attached hydrogens (tertiary/aromatic N) is 2. The van der Waals surface area contributed by atoms with Crippen molar-refractivity contribution in [2.45, 2.75) is 26.3 Å². The summed E-state index contributed by atoms with van der Waals surface area (Å²) < 4.78 is 2.42. The van der Waals surface area contributed by atoms with E-state index in [-0.39, 0.29) is 0 Å². The number of rotatable bonds is 4. The number of aliphatic carboxylic acids is 1. The number of amides is 1. The molecule has 3 aromatic rings. The fraction of sp³-hybridized carbons (Fsp3) is 0.211. The summed E-state index contributed by atoms with van der Waals surface area (Å²) in [6.07, 6.45) is 0.363. The zero-order chi connectivity index (χ0) is 18.8. The van der Waals surface area contributed by atoms with E-state index >= 15 is 0 Å². The first-order valence-corrected chi connectivity index (χ1v) is 9.01. The minimum absolute atomic E-state index is 0.352. The van der Waals surface area contributed by atoms with Gasteiger partial charge in [-0.15, -0.1) is 0 Å². The zero-order valence-electron chi connectivity index (χ0n) is 14.5. The van der Waals surface area contributed by atoms with Gasteiger partial charge in [-0.25, -0.2) is 4.79 Å². The number of aromatic nitrogens is 1. The fourth-order valence-corrected chi connectivity index (χ4v) is 3.80. The molecule has 1 aromatic heterocycles. The molecule has 134 valence electrons. The van der Waals surface area contributed by atoms with Gasteiger partial charge in [0.05, 0.1) is 10.2 Å². The molecule has 0 fully saturated rings. The number of carbonyl (C=O) groups is 2. The number of thiazole rings is 1. The minimum Gasteiger partial charge on any atom is -0.480 e. The van der Waals surface area contributed by atoms with Crippen LogP contribution in [0.3, 0.4) is 0 Å². The monoisotopic (exact) mass is 369 g/mol. The molecule has 0 spiro atoms. The molecular formula is C19H19N3O3S. The number of carboxylic acid groups (broad SMARTS) is 1. The first-order chi connectivity index (χ1) is 12.4. The molecule has 0 saturated carbocycles. The molecule has 1 heterocycles. The highest BCUT2D eigenvalue weighted by Crippen LogP contribution is 2.25. The van der Waals surface area contributed by atoms with E-state index in [0.29, 0.717) is 28.0 Å². The number of hydrogen-bond acceptors (Lipinski definition) is 4. The van der Waals surface area contributed by atoms with Gasteiger partial charge in [0.25, 0.3) is 5.91 Å². The molecular weight excluding hydrogens is 350 g/mol. The average Bonchev–Trinajstić information content (AvgIpc) is 2.93. The van der Waals surface area contributed by atoms with Gasteiger partial charge in [0.15, 0.2) is 4.80 Å². The van der Waals surface area contributed by atoms with Gasteiger partial charge in [-0.2, -0.15) is 4.99 Å². The smallest absolute Gasteiger partial charge is 0.326 e. The van der Waals surface area contributed by atoms with Gasteiger partial charge in [0, 0.05) is 11.3 Å². The molecule has 0 saturated heterocycles. The van der Waals surface area contributed by atoms with Crippen LogP contribution in [0.2, 0.25) is 0 Å². The van der Waals surface area contributed by atoms with Gasteiger partial charge in [-0.05, 0) is 43.7 Å². The van der Waals surface area contributed by atoms with Crippen LogP contribution in [0.4, 0.5) is 5.69 Å². The number of fused-ring (bicyclic) bond motifs is 1. The Morgan fingerprint density at radius 3 is 2.54 bits per heavy atom. The standard InChI is InChI=1S/C19H19N3O3S/c1-3-14(18(24)25)22-15-10-13(20)8-9-16(15)26-19(22)21-17(23)12-6-4-11(2)5-7-12/h4-10,14H,3,20H2,1-2H3,(H,24,25). The number of nitrogens with two attached hydrogens (primary N) is 1. The lowest BCUT2D eigenvalue weighted by atomic mass is 10.1. The Morgan fingerprint density at radius 2 is 1.92 bits per heavy atom. The Morgan fingerprint density at radius 1 is 1.23 bits per heavy atom. The van der Waals surface area contributed by atoms with Crippen molar-refractivity contribution in [3.05, 3.63) is 58.4 Å². The summed E-state index contributed by atoms with van der Waals surface area (Å²) in [4.78, 5) is 28.9. The molecule has 1 atom stereocenters. The zero-order valence-corrected chi connectivity index (χ0v) is 15.3. The number of nitrogen functional groups attached to an aromatic ring is 1. The van der Waals surface area contributed by atoms with Crippen LogP contribution in [-0.2, 0) is 4.79 Å². The maximum atomic E-state index is 12.6. The van der Waals surface area contributed by atoms with Gasteiger partial charge in [0.1, 0.15) is 6.04 Å². The summed E-state index contributed by atoms with van der Waals surface area (Å²) in [7, 11) is 0. The normalized spacial score (nSPS) is 13.1. The van der Waals surface area contributed by atoms with Crippen molar-refractivity contribution in [1.82, 2.24) is 4.57 Å². The fourth-order valence-electron chi connectivity index (χ4n) is 2.75. The van der Waals surface area contributed by atoms with Crippen molar-refractivity contribution in [2.24, 2.45) is 4.99 Å². The van der Waals surface area contributed by atoms with Gasteiger partial charge < -0.3 is 15.4 Å². The summed E-state index contributed by atoms with van der Waals surface area (Å²) in [5.41, 5.74) is 8.58. The third-order valence-corrected chi connectivity index (χ3v) is 5.16. The van der Waals surface area contributed by atoms with Crippen molar-refractivity contribution in [3.8, 4) is 0 Å². The topological polar surface area (TPSA) is 97.7 Å². The number of anilines is 1. The second kappa shape index (κ2) is 7.13. The molecule has 0 aliphatic carbocycles. The van der Waals surface area contributed by atoms with Crippen molar-refractivity contribution in [3.63, 3.8) is 0 Å². The molecule has 1 amide bonds. The molecule has 6 nitrogen and oxygen atoms in total. The maximum Gasteiger partial charge on any atom is 0.326 e. The Kier molecular flexibility index (Phi) is 4.90. The highest BCUT2D eigenvalue weighted by Gasteiger charge is 2.22. The van der Waals surface area contributed by atoms with E-state index < -0.39 is 17.9 Å². The van der Waals surface area contributed by atoms with Gasteiger partial charge in [-0.3, -0.25) is 4.79 Å². The van der Waals surface area contributed by atoms with E-state index in [9.17, 15) is 14.7 Å². The molecule has 0 radical (unpaired) electrons. The van der Waals surface area contributed by atoms with E-state index in [1.807, 2.05) is 25.1 Å². The summed E-state index contributed by atoms with van der Waals surface area (Å²) in [5, 5.41) is 9.61. The number of benzene rings is 2. The number of aryl methyl sites for hydroxylation is 1. The van der Waals surface area contributed by atoms with Crippen LogP contribution in [0.25, 0.3) is 10.2 Å². The second-order valence-electron chi connectivity index (χ2n) is 6.03. The van der Waals surface area contributed by atoms with Crippen LogP contribution >= 0.6 is 11.3 Å². The third kappa shape index (κ3) is 3.39. The largest absolute Gasteiger partial charge is 0.480 e. The van der Waals surface area contributed by atoms with Crippen LogP contribution in [0, 0.1) is 6.92 Å². The predicted octanol–water partition coefficient (Wildman–Crippen LogP) is 3.37. The average molecular weight is 369 g/mol. The molecule has 0 aliphatic heterocycles. The molecule has 0 bridgehead atoms. The lowest BCUT2D eigenvalue weighted by Gasteiger charge is -2.13. The number of carbonyl (C=O) groups excluding carboxylic acids is 1. The quantitative estimate of drug-likeness (QED) is 0.689. The van der Waals surface area contributed by atoms with Gasteiger partial charge >= 0.3 is 5.97 Å². The highest BCUT2D eigenvalue weighted by atomic mass is 32.1. The molecule has 1 unspecified atom stereocenters. The summed E-state index contributed by atoms with van der Waals surface area (Å²) in [6.45, 7) is 3.72. The third-order valence-electron chi connectivity index (χ3n) is 4.13. The van der Waals surface area contributed by atoms with Crippen LogP contribution in [0.15, 0.2) is 47.5 Å². The SMILES string of the molecule is CCC(C(=O)O)n1c(=NC(=O)c2ccc(C)cc2)sc2ccc(N)cc21. The minimum atomic E-state index is -0.973. The maximum absolute atomic E-state index is 12.6. The van der Waals surface area contributed by atoms with Crippen molar-refractivity contribution < 1.29 is 14.7 Å². The summed E-state index contributed by atoms with van der Waals surface area (Å²) >= 11 is 1.28. The molecule has 26 heavy (non-hydrogen) atoms. The lowest BCUT2D eigenvalue weighted by Crippen LogP contribution is -2.27. The number of carboxylic acids is 1. The van der Waals surface area contributed by atoms with Crippen molar-refractivity contribution in [1.29, 1.82) is 0 Å². The first kappa shape index (κ1) is 17.9. The second-order valence-corrected chi connectivity index (χ2v) is 7.04. The van der Waals surface area contributed by atoms with Crippen molar-refractivity contribution >= 4 is 39.1 Å². The molecule has 3 rings (SSSR count). The summed E-state index contributed by atoms with van der Waals surface area (Å²) in [5.74, 6) is -1.38. The van der Waals surface area contributed by atoms with E-state index in [1.54, 1.807) is 35.8 Å². The van der Waals surface area contributed by atoms with Crippen LogP contribution in [0.1, 0.15) is 35.3 Å². The molecule has 2 aromatic carbocycles. The lowest BCUT2D eigenvalue weighted by molar-refractivity contribution is -0.140. The Labute approximate surface area is 154 Å². The van der Waals surface area contributed by atoms with Crippen LogP contribution in [0.5, 0.6) is 0 Å². The Hall–Kier alpha value is -2.93. The van der Waals surface area contributed by atoms with Gasteiger partial charge in [0.2, 0.25) is 0 Å². The predicted molar refractivity (Wildman–Crippen MR) is 102 cm³/mol. The Bertz CT molecular complexity index is 1050. The van der Waals surface area contributed by atoms with E-state index in [1.165, 1.54) is 11.3 Å². The van der Waals surface area contributed by atoms with E-state index in [0.717, 1.165) is 10.3 Å². The molecule has 0 aliphatic rings. The van der Waals surface area contributed by atoms with Crippen LogP contribution in [-0.4, -0.2) is 21.6 Å². The van der Waals surface area contributed by atoms with E-state index in [2.05, 4.69) is 4.99 Å². The number of hydrogen-bond donors (Lipinski definition) is 2. The molecule has 3 N–H and O–H groups in total. The molecule has 7 heteroatoms. The van der Waals surface area contributed by atoms with Crippen molar-refractivity contribution in [2.75, 3.05) is 5.73 Å². The highest BCUT2D eigenvalue weighted by molar-refractivity contribution is 7.16. The van der Waals surface area contributed by atoms with E-state index in [4.69, 9.17) is 5.73 Å². The first-order valence-electron chi connectivity index (χ1n) is 8.19. The summed E-state index contributed by atoms with van der Waals surface area (Å²) in [6, 6.07) is 11.6.